The summed E-state index contributed by atoms with van der Waals surface area (Å²) in [6, 6.07) is 0. The third kappa shape index (κ3) is 6.53. The van der Waals surface area contributed by atoms with Crippen LogP contribution in [0.3, 0.4) is 0 Å². The molecule has 0 spiro atoms. The highest BCUT2D eigenvalue weighted by Crippen LogP contribution is 2.17. The van der Waals surface area contributed by atoms with Crippen molar-refractivity contribution in [1.29, 1.82) is 0 Å². The lowest BCUT2D eigenvalue weighted by atomic mass is 11.2. The standard InChI is InChI=1S/C4H6S3/c1-4(6)7-3-2-5/h2-3,5-6H,1H2/b3-2-. The molecule has 0 aliphatic heterocycles. The van der Waals surface area contributed by atoms with Gasteiger partial charge in [0.2, 0.25) is 0 Å². The van der Waals surface area contributed by atoms with Gasteiger partial charge in [0.1, 0.15) is 0 Å². The van der Waals surface area contributed by atoms with Gasteiger partial charge in [-0.25, -0.2) is 0 Å². The average molecular weight is 150 g/mol. The van der Waals surface area contributed by atoms with Crippen LogP contribution in [0.2, 0.25) is 0 Å². The summed E-state index contributed by atoms with van der Waals surface area (Å²) in [5.74, 6) is 0. The minimum atomic E-state index is 0.783. The van der Waals surface area contributed by atoms with Gasteiger partial charge in [0.15, 0.2) is 0 Å². The number of thiol groups is 2. The second-order valence-electron chi connectivity index (χ2n) is 0.797. The molecule has 0 aromatic heterocycles. The van der Waals surface area contributed by atoms with Crippen LogP contribution >= 0.6 is 37.0 Å². The van der Waals surface area contributed by atoms with Crippen LogP contribution in [-0.4, -0.2) is 0 Å². The number of hydrogen-bond acceptors (Lipinski definition) is 3. The van der Waals surface area contributed by atoms with Gasteiger partial charge in [-0.15, -0.1) is 12.6 Å². The average Bonchev–Trinajstić information content (AvgIpc) is 1.61. The molecule has 0 aromatic rings. The Balaban J connectivity index is 3.14. The second kappa shape index (κ2) is 4.68. The molecular formula is C4H6S3. The van der Waals surface area contributed by atoms with E-state index in [4.69, 9.17) is 0 Å². The maximum atomic E-state index is 3.92. The van der Waals surface area contributed by atoms with Gasteiger partial charge in [-0.05, 0) is 10.8 Å². The summed E-state index contributed by atoms with van der Waals surface area (Å²) >= 11 is 9.18. The minimum Gasteiger partial charge on any atom is -0.151 e. The molecular weight excluding hydrogens is 144 g/mol. The van der Waals surface area contributed by atoms with Gasteiger partial charge in [-0.3, -0.25) is 0 Å². The fourth-order valence-electron chi connectivity index (χ4n) is 0.109. The Labute approximate surface area is 58.9 Å². The molecule has 0 saturated carbocycles. The topological polar surface area (TPSA) is 0 Å². The van der Waals surface area contributed by atoms with Crippen molar-refractivity contribution in [2.45, 2.75) is 0 Å². The first-order chi connectivity index (χ1) is 3.27. The van der Waals surface area contributed by atoms with Crippen LogP contribution in [-0.2, 0) is 0 Å². The van der Waals surface area contributed by atoms with Crippen molar-refractivity contribution in [1.82, 2.24) is 0 Å². The van der Waals surface area contributed by atoms with E-state index < -0.39 is 0 Å². The normalized spacial score (nSPS) is 10.0. The lowest BCUT2D eigenvalue weighted by Crippen LogP contribution is -1.45. The molecule has 7 heavy (non-hydrogen) atoms. The van der Waals surface area contributed by atoms with Crippen molar-refractivity contribution in [3.05, 3.63) is 21.6 Å². The van der Waals surface area contributed by atoms with Crippen LogP contribution in [0.4, 0.5) is 0 Å². The maximum Gasteiger partial charge on any atom is 0.0341 e. The molecule has 0 unspecified atom stereocenters. The van der Waals surface area contributed by atoms with Gasteiger partial charge in [-0.2, -0.15) is 12.6 Å². The molecule has 0 aliphatic carbocycles. The Bertz CT molecular complexity index is 84.9. The maximum absolute atomic E-state index is 3.92. The van der Waals surface area contributed by atoms with Crippen molar-refractivity contribution in [2.75, 3.05) is 0 Å². The monoisotopic (exact) mass is 150 g/mol. The fraction of sp³-hybridized carbons (Fsp3) is 0. The molecule has 0 aliphatic rings. The summed E-state index contributed by atoms with van der Waals surface area (Å²) in [5.41, 5.74) is 0. The van der Waals surface area contributed by atoms with E-state index in [9.17, 15) is 0 Å². The van der Waals surface area contributed by atoms with Crippen LogP contribution in [0, 0.1) is 0 Å². The highest BCUT2D eigenvalue weighted by molar-refractivity contribution is 8.17. The zero-order chi connectivity index (χ0) is 5.70. The van der Waals surface area contributed by atoms with E-state index in [1.165, 1.54) is 11.8 Å². The zero-order valence-electron chi connectivity index (χ0n) is 3.66. The summed E-state index contributed by atoms with van der Waals surface area (Å²) in [4.78, 5) is 0. The molecule has 0 bridgehead atoms. The molecule has 3 heteroatoms. The fourth-order valence-corrected chi connectivity index (χ4v) is 0.692. The molecule has 0 atom stereocenters. The van der Waals surface area contributed by atoms with Crippen LogP contribution in [0.1, 0.15) is 0 Å². The quantitative estimate of drug-likeness (QED) is 0.570. The van der Waals surface area contributed by atoms with Crippen LogP contribution in [0.15, 0.2) is 21.6 Å². The van der Waals surface area contributed by atoms with Crippen molar-refractivity contribution in [2.24, 2.45) is 0 Å². The molecule has 0 nitrogen and oxygen atoms in total. The van der Waals surface area contributed by atoms with Gasteiger partial charge in [0, 0.05) is 4.24 Å². The van der Waals surface area contributed by atoms with E-state index in [0.717, 1.165) is 4.24 Å². The Morgan fingerprint density at radius 3 is 2.43 bits per heavy atom. The Morgan fingerprint density at radius 1 is 1.71 bits per heavy atom. The molecule has 0 aromatic carbocycles. The number of thioether (sulfide) groups is 1. The third-order valence-electron chi connectivity index (χ3n) is 0.265. The first kappa shape index (κ1) is 7.53. The Morgan fingerprint density at radius 2 is 2.29 bits per heavy atom. The summed E-state index contributed by atoms with van der Waals surface area (Å²) in [6.07, 6.45) is 0. The highest BCUT2D eigenvalue weighted by atomic mass is 32.2. The number of rotatable bonds is 2. The summed E-state index contributed by atoms with van der Waals surface area (Å²) in [6.45, 7) is 3.53. The first-order valence-corrected chi connectivity index (χ1v) is 3.45. The van der Waals surface area contributed by atoms with E-state index in [1.807, 2.05) is 0 Å². The Hall–Kier alpha value is 0.530. The van der Waals surface area contributed by atoms with Gasteiger partial charge < -0.3 is 0 Å². The zero-order valence-corrected chi connectivity index (χ0v) is 6.27. The third-order valence-corrected chi connectivity index (χ3v) is 1.48. The molecule has 40 valence electrons. The predicted octanol–water partition coefficient (Wildman–Crippen LogP) is 2.52. The molecule has 0 saturated heterocycles. The second-order valence-corrected chi connectivity index (χ2v) is 2.94. The van der Waals surface area contributed by atoms with E-state index >= 15 is 0 Å². The van der Waals surface area contributed by atoms with Crippen LogP contribution < -0.4 is 0 Å². The smallest absolute Gasteiger partial charge is 0.0341 e. The SMILES string of the molecule is C=C(S)S/C=C\S. The van der Waals surface area contributed by atoms with E-state index in [2.05, 4.69) is 31.8 Å². The van der Waals surface area contributed by atoms with Crippen molar-refractivity contribution in [3.8, 4) is 0 Å². The first-order valence-electron chi connectivity index (χ1n) is 1.61. The molecule has 0 fully saturated rings. The lowest BCUT2D eigenvalue weighted by molar-refractivity contribution is 2.48. The molecule has 0 amide bonds. The molecule has 0 rings (SSSR count). The van der Waals surface area contributed by atoms with Crippen molar-refractivity contribution >= 4 is 37.0 Å². The molecule has 0 N–H and O–H groups in total. The van der Waals surface area contributed by atoms with Crippen LogP contribution in [0.5, 0.6) is 0 Å². The molecule has 0 heterocycles. The van der Waals surface area contributed by atoms with E-state index in [1.54, 1.807) is 10.8 Å². The molecule has 0 radical (unpaired) electrons. The van der Waals surface area contributed by atoms with Gasteiger partial charge in [0.25, 0.3) is 0 Å². The van der Waals surface area contributed by atoms with Crippen LogP contribution in [0.25, 0.3) is 0 Å². The number of hydrogen-bond donors (Lipinski definition) is 2. The van der Waals surface area contributed by atoms with Gasteiger partial charge in [-0.1, -0.05) is 18.3 Å². The summed E-state index contributed by atoms with van der Waals surface area (Å²) in [5, 5.41) is 3.45. The predicted molar refractivity (Wildman–Crippen MR) is 43.8 cm³/mol. The van der Waals surface area contributed by atoms with Gasteiger partial charge in [0.05, 0.1) is 0 Å². The van der Waals surface area contributed by atoms with Crippen molar-refractivity contribution < 1.29 is 0 Å². The Kier molecular flexibility index (Phi) is 5.04. The minimum absolute atomic E-state index is 0.783. The van der Waals surface area contributed by atoms with Crippen molar-refractivity contribution in [3.63, 3.8) is 0 Å². The highest BCUT2D eigenvalue weighted by Gasteiger charge is 1.75. The van der Waals surface area contributed by atoms with E-state index in [-0.39, 0.29) is 0 Å². The largest absolute Gasteiger partial charge is 0.151 e. The summed E-state index contributed by atoms with van der Waals surface area (Å²) in [7, 11) is 0. The summed E-state index contributed by atoms with van der Waals surface area (Å²) < 4.78 is 0.783. The lowest BCUT2D eigenvalue weighted by Gasteiger charge is -1.83. The van der Waals surface area contributed by atoms with E-state index in [0.29, 0.717) is 0 Å². The van der Waals surface area contributed by atoms with Gasteiger partial charge >= 0.3 is 0 Å².